The van der Waals surface area contributed by atoms with Gasteiger partial charge in [0.1, 0.15) is 11.6 Å². The lowest BCUT2D eigenvalue weighted by Gasteiger charge is -2.11. The van der Waals surface area contributed by atoms with E-state index in [1.54, 1.807) is 25.2 Å². The predicted molar refractivity (Wildman–Crippen MR) is 69.6 cm³/mol. The number of nitrogens with one attached hydrogen (secondary N) is 1. The summed E-state index contributed by atoms with van der Waals surface area (Å²) >= 11 is 5.92. The van der Waals surface area contributed by atoms with Gasteiger partial charge in [0.15, 0.2) is 0 Å². The third-order valence-electron chi connectivity index (χ3n) is 2.65. The molecule has 0 spiro atoms. The van der Waals surface area contributed by atoms with Gasteiger partial charge in [0.25, 0.3) is 0 Å². The summed E-state index contributed by atoms with van der Waals surface area (Å²) in [6.07, 6.45) is 0. The summed E-state index contributed by atoms with van der Waals surface area (Å²) in [5, 5.41) is 3.55. The van der Waals surface area contributed by atoms with E-state index in [1.807, 2.05) is 0 Å². The van der Waals surface area contributed by atoms with Gasteiger partial charge in [0.2, 0.25) is 0 Å². The third kappa shape index (κ3) is 2.68. The summed E-state index contributed by atoms with van der Waals surface area (Å²) in [7, 11) is 1.78. The predicted octanol–water partition coefficient (Wildman–Crippen LogP) is 4.00. The first-order chi connectivity index (χ1) is 8.61. The molecule has 2 rings (SSSR count). The van der Waals surface area contributed by atoms with E-state index in [-0.39, 0.29) is 5.56 Å². The van der Waals surface area contributed by atoms with Crippen molar-refractivity contribution in [2.75, 3.05) is 7.05 Å². The minimum Gasteiger partial charge on any atom is -0.316 e. The van der Waals surface area contributed by atoms with Gasteiger partial charge in [-0.3, -0.25) is 0 Å². The maximum Gasteiger partial charge on any atom is 0.131 e. The van der Waals surface area contributed by atoms with Crippen LogP contribution in [0.3, 0.4) is 0 Å². The standard InChI is InChI=1S/C14H12ClF2N/c1-18-8-9-6-10(15)2-4-12(9)13-7-11(16)3-5-14(13)17/h2-7,18H,8H2,1H3. The van der Waals surface area contributed by atoms with Crippen LogP contribution in [0.1, 0.15) is 5.56 Å². The maximum absolute atomic E-state index is 13.8. The van der Waals surface area contributed by atoms with Crippen LogP contribution in [0.5, 0.6) is 0 Å². The molecule has 0 heterocycles. The number of hydrogen-bond acceptors (Lipinski definition) is 1. The van der Waals surface area contributed by atoms with Crippen molar-refractivity contribution in [1.29, 1.82) is 0 Å². The zero-order valence-corrected chi connectivity index (χ0v) is 10.6. The molecule has 0 aliphatic carbocycles. The zero-order valence-electron chi connectivity index (χ0n) is 9.81. The SMILES string of the molecule is CNCc1cc(Cl)ccc1-c1cc(F)ccc1F. The summed E-state index contributed by atoms with van der Waals surface area (Å²) in [5.74, 6) is -0.909. The molecule has 0 bridgehead atoms. The van der Waals surface area contributed by atoms with Gasteiger partial charge in [-0.15, -0.1) is 0 Å². The Balaban J connectivity index is 2.58. The van der Waals surface area contributed by atoms with Gasteiger partial charge < -0.3 is 5.32 Å². The fourth-order valence-electron chi connectivity index (χ4n) is 1.87. The molecule has 4 heteroatoms. The number of rotatable bonds is 3. The van der Waals surface area contributed by atoms with Crippen molar-refractivity contribution in [2.45, 2.75) is 6.54 Å². The number of halogens is 3. The molecule has 1 nitrogen and oxygen atoms in total. The van der Waals surface area contributed by atoms with Crippen molar-refractivity contribution in [3.05, 3.63) is 58.6 Å². The van der Waals surface area contributed by atoms with Crippen LogP contribution < -0.4 is 5.32 Å². The first kappa shape index (κ1) is 13.0. The Morgan fingerprint density at radius 3 is 2.56 bits per heavy atom. The molecule has 0 aromatic heterocycles. The fraction of sp³-hybridized carbons (Fsp3) is 0.143. The van der Waals surface area contributed by atoms with E-state index >= 15 is 0 Å². The molecule has 0 unspecified atom stereocenters. The van der Waals surface area contributed by atoms with Crippen molar-refractivity contribution >= 4 is 11.6 Å². The van der Waals surface area contributed by atoms with Gasteiger partial charge in [-0.1, -0.05) is 17.7 Å². The molecule has 2 aromatic carbocycles. The quantitative estimate of drug-likeness (QED) is 0.886. The van der Waals surface area contributed by atoms with Crippen molar-refractivity contribution in [2.24, 2.45) is 0 Å². The van der Waals surface area contributed by atoms with E-state index in [0.717, 1.165) is 17.7 Å². The molecule has 0 saturated carbocycles. The second-order valence-electron chi connectivity index (χ2n) is 3.96. The Morgan fingerprint density at radius 1 is 1.06 bits per heavy atom. The largest absolute Gasteiger partial charge is 0.316 e. The Hall–Kier alpha value is -1.45. The number of benzene rings is 2. The lowest BCUT2D eigenvalue weighted by molar-refractivity contribution is 0.603. The second-order valence-corrected chi connectivity index (χ2v) is 4.39. The van der Waals surface area contributed by atoms with E-state index in [9.17, 15) is 8.78 Å². The number of hydrogen-bond donors (Lipinski definition) is 1. The Bertz CT molecular complexity index is 570. The van der Waals surface area contributed by atoms with Gasteiger partial charge in [-0.25, -0.2) is 8.78 Å². The Labute approximate surface area is 109 Å². The molecule has 0 aliphatic heterocycles. The van der Waals surface area contributed by atoms with Crippen LogP contribution >= 0.6 is 11.6 Å². The zero-order chi connectivity index (χ0) is 13.1. The Kier molecular flexibility index (Phi) is 3.94. The third-order valence-corrected chi connectivity index (χ3v) is 2.89. The minimum absolute atomic E-state index is 0.247. The van der Waals surface area contributed by atoms with E-state index in [1.165, 1.54) is 6.07 Å². The van der Waals surface area contributed by atoms with Crippen molar-refractivity contribution in [1.82, 2.24) is 5.32 Å². The van der Waals surface area contributed by atoms with Gasteiger partial charge in [-0.05, 0) is 48.5 Å². The van der Waals surface area contributed by atoms with Gasteiger partial charge in [0, 0.05) is 17.1 Å². The molecule has 2 aromatic rings. The van der Waals surface area contributed by atoms with Gasteiger partial charge in [-0.2, -0.15) is 0 Å². The first-order valence-corrected chi connectivity index (χ1v) is 5.88. The molecule has 0 saturated heterocycles. The van der Waals surface area contributed by atoms with Crippen molar-refractivity contribution < 1.29 is 8.78 Å². The minimum atomic E-state index is -0.461. The molecule has 0 aliphatic rings. The van der Waals surface area contributed by atoms with Crippen LogP contribution in [0, 0.1) is 11.6 Å². The average molecular weight is 268 g/mol. The monoisotopic (exact) mass is 267 g/mol. The van der Waals surface area contributed by atoms with E-state index < -0.39 is 11.6 Å². The van der Waals surface area contributed by atoms with Crippen LogP contribution in [0.4, 0.5) is 8.78 Å². The highest BCUT2D eigenvalue weighted by molar-refractivity contribution is 6.30. The highest BCUT2D eigenvalue weighted by Crippen LogP contribution is 2.29. The van der Waals surface area contributed by atoms with Crippen LogP contribution in [-0.4, -0.2) is 7.05 Å². The fourth-order valence-corrected chi connectivity index (χ4v) is 2.06. The van der Waals surface area contributed by atoms with Crippen LogP contribution in [0.25, 0.3) is 11.1 Å². The molecular weight excluding hydrogens is 256 g/mol. The van der Waals surface area contributed by atoms with Crippen molar-refractivity contribution in [3.8, 4) is 11.1 Å². The van der Waals surface area contributed by atoms with Gasteiger partial charge in [0.05, 0.1) is 0 Å². The van der Waals surface area contributed by atoms with Crippen LogP contribution in [0.15, 0.2) is 36.4 Å². The summed E-state index contributed by atoms with van der Waals surface area (Å²) in [5.41, 5.74) is 1.72. The molecular formula is C14H12ClF2N. The van der Waals surface area contributed by atoms with Crippen LogP contribution in [0.2, 0.25) is 5.02 Å². The Morgan fingerprint density at radius 2 is 1.83 bits per heavy atom. The smallest absolute Gasteiger partial charge is 0.131 e. The molecule has 18 heavy (non-hydrogen) atoms. The first-order valence-electron chi connectivity index (χ1n) is 5.50. The molecule has 1 N–H and O–H groups in total. The molecule has 94 valence electrons. The lowest BCUT2D eigenvalue weighted by Crippen LogP contribution is -2.06. The van der Waals surface area contributed by atoms with Gasteiger partial charge >= 0.3 is 0 Å². The highest BCUT2D eigenvalue weighted by Gasteiger charge is 2.11. The summed E-state index contributed by atoms with van der Waals surface area (Å²) in [4.78, 5) is 0. The summed E-state index contributed by atoms with van der Waals surface area (Å²) < 4.78 is 27.0. The second kappa shape index (κ2) is 5.46. The highest BCUT2D eigenvalue weighted by atomic mass is 35.5. The average Bonchev–Trinajstić information content (AvgIpc) is 2.33. The normalized spacial score (nSPS) is 10.7. The van der Waals surface area contributed by atoms with E-state index in [4.69, 9.17) is 11.6 Å². The maximum atomic E-state index is 13.8. The molecule has 0 atom stereocenters. The summed E-state index contributed by atoms with van der Waals surface area (Å²) in [6, 6.07) is 8.54. The molecule has 0 fully saturated rings. The van der Waals surface area contributed by atoms with Crippen LogP contribution in [-0.2, 0) is 6.54 Å². The molecule has 0 amide bonds. The van der Waals surface area contributed by atoms with E-state index in [0.29, 0.717) is 17.1 Å². The van der Waals surface area contributed by atoms with Crippen molar-refractivity contribution in [3.63, 3.8) is 0 Å². The topological polar surface area (TPSA) is 12.0 Å². The lowest BCUT2D eigenvalue weighted by atomic mass is 9.99. The van der Waals surface area contributed by atoms with E-state index in [2.05, 4.69) is 5.32 Å². The summed E-state index contributed by atoms with van der Waals surface area (Å²) in [6.45, 7) is 0.534. The molecule has 0 radical (unpaired) electrons.